The van der Waals surface area contributed by atoms with E-state index in [0.29, 0.717) is 5.95 Å². The third-order valence-corrected chi connectivity index (χ3v) is 14.1. The second-order valence-corrected chi connectivity index (χ2v) is 18.2. The Balaban J connectivity index is 0.988. The molecule has 310 valence electrons. The lowest BCUT2D eigenvalue weighted by Gasteiger charge is -2.22. The molecule has 1 aliphatic carbocycles. The summed E-state index contributed by atoms with van der Waals surface area (Å²) < 4.78 is 11.2. The van der Waals surface area contributed by atoms with Crippen LogP contribution in [0.1, 0.15) is 25.0 Å². The fourth-order valence-corrected chi connectivity index (χ4v) is 10.9. The van der Waals surface area contributed by atoms with Crippen molar-refractivity contribution in [1.29, 1.82) is 0 Å². The quantitative estimate of drug-likeness (QED) is 0.173. The second kappa shape index (κ2) is 13.7. The molecule has 5 heteroatoms. The van der Waals surface area contributed by atoms with Gasteiger partial charge >= 0.3 is 0 Å². The van der Waals surface area contributed by atoms with E-state index in [4.69, 9.17) is 14.4 Å². The fraction of sp³-hybridized carbons (Fsp3) is 0.0492. The molecule has 0 amide bonds. The van der Waals surface area contributed by atoms with Crippen LogP contribution in [0.15, 0.2) is 211 Å². The smallest absolute Gasteiger partial charge is 0.235 e. The highest BCUT2D eigenvalue weighted by Crippen LogP contribution is 2.52. The van der Waals surface area contributed by atoms with Gasteiger partial charge in [0.2, 0.25) is 5.95 Å². The number of furan rings is 1. The van der Waals surface area contributed by atoms with Gasteiger partial charge < -0.3 is 8.98 Å². The molecule has 0 N–H and O–H groups in total. The third kappa shape index (κ3) is 5.34. The van der Waals surface area contributed by atoms with Gasteiger partial charge in [-0.1, -0.05) is 147 Å². The Hall–Kier alpha value is -8.54. The average molecular weight is 845 g/mol. The summed E-state index contributed by atoms with van der Waals surface area (Å²) in [6.07, 6.45) is 0. The van der Waals surface area contributed by atoms with Crippen LogP contribution in [0.5, 0.6) is 0 Å². The number of para-hydroxylation sites is 3. The maximum atomic E-state index is 6.53. The van der Waals surface area contributed by atoms with Gasteiger partial charge in [-0.3, -0.25) is 4.57 Å². The van der Waals surface area contributed by atoms with E-state index >= 15 is 0 Å². The van der Waals surface area contributed by atoms with E-state index in [1.54, 1.807) is 0 Å². The Bertz CT molecular complexity index is 4060. The van der Waals surface area contributed by atoms with Crippen LogP contribution in [0.25, 0.3) is 122 Å². The molecule has 0 saturated heterocycles. The molecule has 0 unspecified atom stereocenters. The summed E-state index contributed by atoms with van der Waals surface area (Å²) in [5.74, 6) is 0.606. The lowest BCUT2D eigenvalue weighted by molar-refractivity contribution is 0.661. The van der Waals surface area contributed by atoms with Gasteiger partial charge in [0.25, 0.3) is 0 Å². The Morgan fingerprint density at radius 1 is 0.364 bits per heavy atom. The topological polar surface area (TPSA) is 48.8 Å². The molecule has 4 aromatic heterocycles. The molecule has 1 aliphatic rings. The van der Waals surface area contributed by atoms with Gasteiger partial charge in [-0.25, -0.2) is 9.97 Å². The van der Waals surface area contributed by atoms with Gasteiger partial charge in [-0.15, -0.1) is 0 Å². The molecule has 0 spiro atoms. The van der Waals surface area contributed by atoms with E-state index in [0.717, 1.165) is 71.8 Å². The van der Waals surface area contributed by atoms with Crippen molar-refractivity contribution < 1.29 is 4.42 Å². The van der Waals surface area contributed by atoms with E-state index in [1.165, 1.54) is 55.3 Å². The summed E-state index contributed by atoms with van der Waals surface area (Å²) in [6, 6.07) is 74.0. The molecule has 66 heavy (non-hydrogen) atoms. The van der Waals surface area contributed by atoms with Crippen molar-refractivity contribution in [2.45, 2.75) is 19.3 Å². The summed E-state index contributed by atoms with van der Waals surface area (Å²) in [5.41, 5.74) is 18.6. The summed E-state index contributed by atoms with van der Waals surface area (Å²) in [6.45, 7) is 4.75. The first-order valence-electron chi connectivity index (χ1n) is 22.6. The lowest BCUT2D eigenvalue weighted by atomic mass is 9.82. The summed E-state index contributed by atoms with van der Waals surface area (Å²) in [5, 5.41) is 6.96. The van der Waals surface area contributed by atoms with E-state index < -0.39 is 0 Å². The summed E-state index contributed by atoms with van der Waals surface area (Å²) in [7, 11) is 0. The number of nitrogens with zero attached hydrogens (tertiary/aromatic N) is 4. The monoisotopic (exact) mass is 844 g/mol. The first-order valence-corrected chi connectivity index (χ1v) is 22.6. The van der Waals surface area contributed by atoms with Crippen LogP contribution < -0.4 is 0 Å². The molecule has 5 nitrogen and oxygen atoms in total. The van der Waals surface area contributed by atoms with Crippen molar-refractivity contribution in [1.82, 2.24) is 19.1 Å². The highest BCUT2D eigenvalue weighted by Gasteiger charge is 2.37. The second-order valence-electron chi connectivity index (χ2n) is 18.2. The van der Waals surface area contributed by atoms with Gasteiger partial charge in [-0.2, -0.15) is 0 Å². The van der Waals surface area contributed by atoms with Crippen LogP contribution in [0, 0.1) is 0 Å². The number of benzene rings is 9. The third-order valence-electron chi connectivity index (χ3n) is 14.1. The van der Waals surface area contributed by atoms with Crippen molar-refractivity contribution in [3.8, 4) is 56.4 Å². The van der Waals surface area contributed by atoms with Crippen LogP contribution in [-0.4, -0.2) is 19.1 Å². The first kappa shape index (κ1) is 36.9. The summed E-state index contributed by atoms with van der Waals surface area (Å²) in [4.78, 5) is 10.7. The zero-order valence-corrected chi connectivity index (χ0v) is 36.3. The largest absolute Gasteiger partial charge is 0.456 e. The maximum Gasteiger partial charge on any atom is 0.235 e. The predicted molar refractivity (Wildman–Crippen MR) is 272 cm³/mol. The molecule has 0 atom stereocenters. The Labute approximate surface area is 380 Å². The fourth-order valence-electron chi connectivity index (χ4n) is 10.9. The molecule has 0 aliphatic heterocycles. The number of fused-ring (bicyclic) bond motifs is 12. The van der Waals surface area contributed by atoms with Gasteiger partial charge in [0.05, 0.1) is 33.5 Å². The van der Waals surface area contributed by atoms with Gasteiger partial charge in [-0.05, 0) is 100 Å². The predicted octanol–water partition coefficient (Wildman–Crippen LogP) is 15.9. The van der Waals surface area contributed by atoms with Crippen molar-refractivity contribution >= 4 is 65.6 Å². The Morgan fingerprint density at radius 3 is 1.70 bits per heavy atom. The zero-order valence-electron chi connectivity index (χ0n) is 36.3. The van der Waals surface area contributed by atoms with Crippen molar-refractivity contribution in [2.75, 3.05) is 0 Å². The van der Waals surface area contributed by atoms with Crippen molar-refractivity contribution in [2.24, 2.45) is 0 Å². The normalized spacial score (nSPS) is 13.1. The molecule has 14 rings (SSSR count). The standard InChI is InChI=1S/C61H40N4O/c1-61(2)50-28-26-39(30-44(50)45-32-47-42-22-12-14-24-54(42)64(56(47)34-51(45)61)41-20-10-5-11-21-41)40-27-29-55-46(31-40)48-33-49-43-23-13-15-25-58(43)66-59(49)36-57(48)65(55)60-62-52(37-16-6-3-7-17-37)35-53(63-60)38-18-8-4-9-19-38/h3-36H,1-2H3. The van der Waals surface area contributed by atoms with E-state index in [9.17, 15) is 0 Å². The molecule has 9 aromatic carbocycles. The number of hydrogen-bond donors (Lipinski definition) is 0. The highest BCUT2D eigenvalue weighted by molar-refractivity contribution is 6.18. The molecule has 0 radical (unpaired) electrons. The van der Waals surface area contributed by atoms with Gasteiger partial charge in [0, 0.05) is 60.6 Å². The molecule has 13 aromatic rings. The molecular formula is C61H40N4O. The van der Waals surface area contributed by atoms with Crippen molar-refractivity contribution in [3.63, 3.8) is 0 Å². The average Bonchev–Trinajstić information content (AvgIpc) is 4.07. The first-order chi connectivity index (χ1) is 32.5. The molecule has 4 heterocycles. The minimum Gasteiger partial charge on any atom is -0.456 e. The molecular weight excluding hydrogens is 805 g/mol. The lowest BCUT2D eigenvalue weighted by Crippen LogP contribution is -2.15. The van der Waals surface area contributed by atoms with Crippen molar-refractivity contribution in [3.05, 3.63) is 217 Å². The Kier molecular flexibility index (Phi) is 7.68. The van der Waals surface area contributed by atoms with Crippen LogP contribution in [0.2, 0.25) is 0 Å². The van der Waals surface area contributed by atoms with E-state index in [1.807, 2.05) is 24.3 Å². The number of aromatic nitrogens is 4. The van der Waals surface area contributed by atoms with Gasteiger partial charge in [0.15, 0.2) is 0 Å². The zero-order chi connectivity index (χ0) is 43.7. The number of rotatable bonds is 5. The van der Waals surface area contributed by atoms with Crippen LogP contribution in [0.3, 0.4) is 0 Å². The number of hydrogen-bond acceptors (Lipinski definition) is 3. The SMILES string of the molecule is CC1(C)c2ccc(-c3ccc4c(c3)c3cc5c(cc3n4-c3nc(-c4ccccc4)cc(-c4ccccc4)n3)oc3ccccc35)cc2-c2cc3c4ccccc4n(-c4ccccc4)c3cc21. The minimum absolute atomic E-state index is 0.182. The van der Waals surface area contributed by atoms with Crippen LogP contribution in [-0.2, 0) is 5.41 Å². The Morgan fingerprint density at radius 2 is 0.939 bits per heavy atom. The molecule has 0 fully saturated rings. The van der Waals surface area contributed by atoms with E-state index in [2.05, 4.69) is 205 Å². The van der Waals surface area contributed by atoms with E-state index in [-0.39, 0.29) is 5.41 Å². The molecule has 0 saturated carbocycles. The molecule has 0 bridgehead atoms. The summed E-state index contributed by atoms with van der Waals surface area (Å²) >= 11 is 0. The van der Waals surface area contributed by atoms with Gasteiger partial charge in [0.1, 0.15) is 11.2 Å². The highest BCUT2D eigenvalue weighted by atomic mass is 16.3. The minimum atomic E-state index is -0.182. The maximum absolute atomic E-state index is 6.53. The van der Waals surface area contributed by atoms with Crippen LogP contribution >= 0.6 is 0 Å². The van der Waals surface area contributed by atoms with Crippen LogP contribution in [0.4, 0.5) is 0 Å².